The van der Waals surface area contributed by atoms with Crippen LogP contribution in [0.5, 0.6) is 0 Å². The van der Waals surface area contributed by atoms with Crippen LogP contribution in [0.15, 0.2) is 24.4 Å². The van der Waals surface area contributed by atoms with Crippen molar-refractivity contribution in [3.8, 4) is 0 Å². The Hall–Kier alpha value is -0.600. The van der Waals surface area contributed by atoms with Crippen molar-refractivity contribution in [2.75, 3.05) is 12.4 Å². The van der Waals surface area contributed by atoms with Gasteiger partial charge in [-0.1, -0.05) is 12.5 Å². The number of halogens is 1. The minimum absolute atomic E-state index is 0.712. The lowest BCUT2D eigenvalue weighted by atomic mass is 9.91. The second kappa shape index (κ2) is 5.47. The van der Waals surface area contributed by atoms with Crippen LogP contribution in [-0.2, 0) is 6.54 Å². The maximum atomic E-state index is 5.83. The van der Waals surface area contributed by atoms with Crippen LogP contribution < -0.4 is 0 Å². The fourth-order valence-electron chi connectivity index (χ4n) is 1.95. The van der Waals surface area contributed by atoms with E-state index < -0.39 is 0 Å². The van der Waals surface area contributed by atoms with Crippen molar-refractivity contribution in [1.29, 1.82) is 0 Å². The molecule has 0 saturated heterocycles. The largest absolute Gasteiger partial charge is 0.293 e. The Labute approximate surface area is 96.3 Å². The predicted octanol–water partition coefficient (Wildman–Crippen LogP) is 2.67. The van der Waals surface area contributed by atoms with Crippen molar-refractivity contribution in [3.05, 3.63) is 30.1 Å². The molecule has 82 valence electrons. The molecule has 0 N–H and O–H groups in total. The second-order valence-electron chi connectivity index (χ2n) is 4.07. The van der Waals surface area contributed by atoms with Gasteiger partial charge in [-0.15, -0.1) is 11.6 Å². The van der Waals surface area contributed by atoms with E-state index in [1.807, 2.05) is 18.3 Å². The third-order valence-corrected chi connectivity index (χ3v) is 3.22. The molecule has 1 aromatic rings. The van der Waals surface area contributed by atoms with Crippen LogP contribution in [0.3, 0.4) is 0 Å². The van der Waals surface area contributed by atoms with E-state index in [0.29, 0.717) is 5.88 Å². The number of nitrogens with zero attached hydrogens (tertiary/aromatic N) is 2. The van der Waals surface area contributed by atoms with Crippen molar-refractivity contribution in [2.45, 2.75) is 31.8 Å². The van der Waals surface area contributed by atoms with Crippen LogP contribution in [0, 0.1) is 0 Å². The van der Waals surface area contributed by atoms with Crippen molar-refractivity contribution < 1.29 is 0 Å². The summed E-state index contributed by atoms with van der Waals surface area (Å²) in [5.74, 6) is 0.712. The molecule has 0 radical (unpaired) electrons. The van der Waals surface area contributed by atoms with Crippen molar-refractivity contribution in [2.24, 2.45) is 0 Å². The lowest BCUT2D eigenvalue weighted by Gasteiger charge is -2.37. The monoisotopic (exact) mass is 224 g/mol. The summed E-state index contributed by atoms with van der Waals surface area (Å²) in [5, 5.41) is 0. The van der Waals surface area contributed by atoms with E-state index in [0.717, 1.165) is 24.8 Å². The van der Waals surface area contributed by atoms with Crippen molar-refractivity contribution in [1.82, 2.24) is 9.88 Å². The van der Waals surface area contributed by atoms with Crippen molar-refractivity contribution in [3.63, 3.8) is 0 Å². The lowest BCUT2D eigenvalue weighted by molar-refractivity contribution is 0.126. The Balaban J connectivity index is 1.93. The van der Waals surface area contributed by atoms with Gasteiger partial charge in [0.05, 0.1) is 5.69 Å². The molecule has 1 fully saturated rings. The second-order valence-corrected chi connectivity index (χ2v) is 4.44. The Bertz CT molecular complexity index is 285. The predicted molar refractivity (Wildman–Crippen MR) is 63.0 cm³/mol. The molecule has 3 heteroatoms. The van der Waals surface area contributed by atoms with Crippen molar-refractivity contribution >= 4 is 11.6 Å². The SMILES string of the molecule is ClCCN(Cc1ccccn1)C1CCC1. The number of alkyl halides is 1. The summed E-state index contributed by atoms with van der Waals surface area (Å²) in [4.78, 5) is 6.81. The summed E-state index contributed by atoms with van der Waals surface area (Å²) in [6, 6.07) is 6.83. The van der Waals surface area contributed by atoms with Gasteiger partial charge < -0.3 is 0 Å². The molecule has 1 heterocycles. The zero-order chi connectivity index (χ0) is 10.5. The lowest BCUT2D eigenvalue weighted by Crippen LogP contribution is -2.40. The third-order valence-electron chi connectivity index (χ3n) is 3.05. The number of pyridine rings is 1. The quantitative estimate of drug-likeness (QED) is 0.715. The van der Waals surface area contributed by atoms with Gasteiger partial charge in [0, 0.05) is 31.2 Å². The molecule has 15 heavy (non-hydrogen) atoms. The zero-order valence-corrected chi connectivity index (χ0v) is 9.66. The minimum atomic E-state index is 0.712. The number of aromatic nitrogens is 1. The molecule has 1 saturated carbocycles. The molecular weight excluding hydrogens is 208 g/mol. The van der Waals surface area contributed by atoms with E-state index in [4.69, 9.17) is 11.6 Å². The summed E-state index contributed by atoms with van der Waals surface area (Å²) in [7, 11) is 0. The Morgan fingerprint density at radius 1 is 1.40 bits per heavy atom. The molecule has 1 aliphatic carbocycles. The highest BCUT2D eigenvalue weighted by atomic mass is 35.5. The summed E-state index contributed by atoms with van der Waals surface area (Å²) in [6.07, 6.45) is 5.87. The Morgan fingerprint density at radius 3 is 2.80 bits per heavy atom. The first-order valence-corrected chi connectivity index (χ1v) is 6.13. The van der Waals surface area contributed by atoms with Crippen LogP contribution in [0.4, 0.5) is 0 Å². The summed E-state index contributed by atoms with van der Waals surface area (Å²) < 4.78 is 0. The molecule has 0 spiro atoms. The van der Waals surface area contributed by atoms with E-state index in [2.05, 4.69) is 16.0 Å². The highest BCUT2D eigenvalue weighted by molar-refractivity contribution is 6.18. The van der Waals surface area contributed by atoms with Gasteiger partial charge >= 0.3 is 0 Å². The molecule has 1 aliphatic rings. The van der Waals surface area contributed by atoms with E-state index in [1.54, 1.807) is 0 Å². The fourth-order valence-corrected chi connectivity index (χ4v) is 2.17. The zero-order valence-electron chi connectivity index (χ0n) is 8.90. The number of hydrogen-bond donors (Lipinski definition) is 0. The molecule has 0 bridgehead atoms. The van der Waals surface area contributed by atoms with Gasteiger partial charge in [-0.3, -0.25) is 9.88 Å². The van der Waals surface area contributed by atoms with Crippen LogP contribution in [0.25, 0.3) is 0 Å². The first-order chi connectivity index (χ1) is 7.40. The van der Waals surface area contributed by atoms with Gasteiger partial charge in [-0.25, -0.2) is 0 Å². The summed E-state index contributed by atoms with van der Waals surface area (Å²) >= 11 is 5.83. The minimum Gasteiger partial charge on any atom is -0.293 e. The molecule has 2 nitrogen and oxygen atoms in total. The number of rotatable bonds is 5. The summed E-state index contributed by atoms with van der Waals surface area (Å²) in [5.41, 5.74) is 1.15. The molecule has 0 aromatic carbocycles. The molecule has 0 aliphatic heterocycles. The van der Waals surface area contributed by atoms with E-state index in [1.165, 1.54) is 19.3 Å². The third kappa shape index (κ3) is 2.93. The molecule has 1 aromatic heterocycles. The van der Waals surface area contributed by atoms with Crippen LogP contribution in [0.1, 0.15) is 25.0 Å². The molecule has 0 amide bonds. The van der Waals surface area contributed by atoms with Gasteiger partial charge in [-0.2, -0.15) is 0 Å². The van der Waals surface area contributed by atoms with Crippen LogP contribution in [-0.4, -0.2) is 28.4 Å². The van der Waals surface area contributed by atoms with E-state index >= 15 is 0 Å². The molecule has 2 rings (SSSR count). The molecule has 0 atom stereocenters. The standard InChI is InChI=1S/C12H17ClN2/c13-7-9-15(12-5-3-6-12)10-11-4-1-2-8-14-11/h1-2,4,8,12H,3,5-7,9-10H2. The smallest absolute Gasteiger partial charge is 0.0544 e. The normalized spacial score (nSPS) is 16.7. The summed E-state index contributed by atoms with van der Waals surface area (Å²) in [6.45, 7) is 1.92. The van der Waals surface area contributed by atoms with Gasteiger partial charge in [0.2, 0.25) is 0 Å². The van der Waals surface area contributed by atoms with Gasteiger partial charge in [0.25, 0.3) is 0 Å². The van der Waals surface area contributed by atoms with E-state index in [9.17, 15) is 0 Å². The fraction of sp³-hybridized carbons (Fsp3) is 0.583. The van der Waals surface area contributed by atoms with Gasteiger partial charge in [0.1, 0.15) is 0 Å². The first-order valence-electron chi connectivity index (χ1n) is 5.60. The Kier molecular flexibility index (Phi) is 3.98. The average molecular weight is 225 g/mol. The van der Waals surface area contributed by atoms with Crippen LogP contribution in [0.2, 0.25) is 0 Å². The van der Waals surface area contributed by atoms with Gasteiger partial charge in [-0.05, 0) is 25.0 Å². The highest BCUT2D eigenvalue weighted by Gasteiger charge is 2.24. The highest BCUT2D eigenvalue weighted by Crippen LogP contribution is 2.25. The van der Waals surface area contributed by atoms with Gasteiger partial charge in [0.15, 0.2) is 0 Å². The van der Waals surface area contributed by atoms with Crippen LogP contribution >= 0.6 is 11.6 Å². The Morgan fingerprint density at radius 2 is 2.27 bits per heavy atom. The first kappa shape index (κ1) is 10.9. The molecule has 0 unspecified atom stereocenters. The van der Waals surface area contributed by atoms with E-state index in [-0.39, 0.29) is 0 Å². The maximum Gasteiger partial charge on any atom is 0.0544 e. The molecular formula is C12H17ClN2. The topological polar surface area (TPSA) is 16.1 Å². The maximum absolute atomic E-state index is 5.83. The number of hydrogen-bond acceptors (Lipinski definition) is 2. The average Bonchev–Trinajstić information content (AvgIpc) is 2.17.